The number of halogens is 2. The molecule has 0 radical (unpaired) electrons. The third-order valence-corrected chi connectivity index (χ3v) is 5.07. The van der Waals surface area contributed by atoms with Gasteiger partial charge in [0.1, 0.15) is 10.5 Å². The van der Waals surface area contributed by atoms with Gasteiger partial charge in [-0.1, -0.05) is 11.6 Å². The second-order valence-corrected chi connectivity index (χ2v) is 6.97. The summed E-state index contributed by atoms with van der Waals surface area (Å²) in [6.07, 6.45) is 0.548. The van der Waals surface area contributed by atoms with E-state index in [0.29, 0.717) is 13.0 Å². The van der Waals surface area contributed by atoms with E-state index in [1.54, 1.807) is 0 Å². The zero-order valence-corrected chi connectivity index (χ0v) is 12.9. The van der Waals surface area contributed by atoms with Crippen LogP contribution in [0.3, 0.4) is 0 Å². The molecule has 1 aliphatic heterocycles. The number of methoxy groups -OCH3 is 1. The third kappa shape index (κ3) is 3.46. The minimum atomic E-state index is -4.10. The summed E-state index contributed by atoms with van der Waals surface area (Å²) >= 11 is 5.62. The fraction of sp³-hybridized carbons (Fsp3) is 0.500. The number of nitrogen functional groups attached to an aromatic ring is 1. The second-order valence-electron chi connectivity index (χ2n) is 4.83. The Kier molecular flexibility index (Phi) is 4.74. The lowest BCUT2D eigenvalue weighted by Gasteiger charge is -2.25. The molecule has 1 aliphatic rings. The van der Waals surface area contributed by atoms with Gasteiger partial charge in [-0.05, 0) is 12.1 Å². The van der Waals surface area contributed by atoms with Crippen molar-refractivity contribution in [3.63, 3.8) is 0 Å². The van der Waals surface area contributed by atoms with Crippen LogP contribution < -0.4 is 10.5 Å². The Morgan fingerprint density at radius 3 is 2.86 bits per heavy atom. The molecule has 1 unspecified atom stereocenters. The number of rotatable bonds is 5. The van der Waals surface area contributed by atoms with Crippen LogP contribution in [0.2, 0.25) is 5.02 Å². The van der Waals surface area contributed by atoms with Gasteiger partial charge in [-0.3, -0.25) is 0 Å². The molecule has 6 nitrogen and oxygen atoms in total. The Hall–Kier alpha value is -0.930. The van der Waals surface area contributed by atoms with Crippen LogP contribution in [0.1, 0.15) is 6.42 Å². The first-order valence-corrected chi connectivity index (χ1v) is 8.03. The van der Waals surface area contributed by atoms with Crippen molar-refractivity contribution in [3.8, 4) is 0 Å². The molecule has 0 bridgehead atoms. The normalized spacial score (nSPS) is 22.6. The van der Waals surface area contributed by atoms with Crippen molar-refractivity contribution in [2.75, 3.05) is 32.6 Å². The van der Waals surface area contributed by atoms with Gasteiger partial charge in [-0.2, -0.15) is 0 Å². The molecule has 1 atom stereocenters. The summed E-state index contributed by atoms with van der Waals surface area (Å²) in [6.45, 7) is 0.720. The number of benzene rings is 1. The highest BCUT2D eigenvalue weighted by molar-refractivity contribution is 7.89. The van der Waals surface area contributed by atoms with E-state index >= 15 is 0 Å². The van der Waals surface area contributed by atoms with Gasteiger partial charge in [0.15, 0.2) is 5.82 Å². The van der Waals surface area contributed by atoms with Crippen molar-refractivity contribution < 1.29 is 22.3 Å². The Bertz CT molecular complexity index is 632. The molecule has 0 spiro atoms. The molecule has 0 amide bonds. The number of nitrogens with two attached hydrogens (primary N) is 1. The van der Waals surface area contributed by atoms with Crippen LogP contribution in [0.15, 0.2) is 17.0 Å². The molecule has 3 N–H and O–H groups in total. The number of hydrogen-bond donors (Lipinski definition) is 2. The highest BCUT2D eigenvalue weighted by Crippen LogP contribution is 2.27. The SMILES string of the molecule is COC1(CNS(=O)(=O)c2cc(N)cc(Cl)c2F)CCOC1. The Morgan fingerprint density at radius 1 is 1.57 bits per heavy atom. The molecule has 0 aromatic heterocycles. The highest BCUT2D eigenvalue weighted by atomic mass is 35.5. The van der Waals surface area contributed by atoms with Gasteiger partial charge in [-0.25, -0.2) is 17.5 Å². The van der Waals surface area contributed by atoms with Gasteiger partial charge in [-0.15, -0.1) is 0 Å². The van der Waals surface area contributed by atoms with Crippen molar-refractivity contribution in [2.24, 2.45) is 0 Å². The van der Waals surface area contributed by atoms with Gasteiger partial charge < -0.3 is 15.2 Å². The van der Waals surface area contributed by atoms with Gasteiger partial charge in [0, 0.05) is 32.4 Å². The number of nitrogens with one attached hydrogen (secondary N) is 1. The summed E-state index contributed by atoms with van der Waals surface area (Å²) in [5.74, 6) is -1.03. The molecule has 9 heteroatoms. The first-order valence-electron chi connectivity index (χ1n) is 6.17. The number of anilines is 1. The molecular weight excluding hydrogens is 323 g/mol. The molecule has 1 aromatic carbocycles. The average molecular weight is 339 g/mol. The largest absolute Gasteiger partial charge is 0.399 e. The van der Waals surface area contributed by atoms with Crippen LogP contribution in [-0.2, 0) is 19.5 Å². The van der Waals surface area contributed by atoms with Crippen LogP contribution >= 0.6 is 11.6 Å². The average Bonchev–Trinajstić information content (AvgIpc) is 2.90. The quantitative estimate of drug-likeness (QED) is 0.786. The summed E-state index contributed by atoms with van der Waals surface area (Å²) in [7, 11) is -2.62. The van der Waals surface area contributed by atoms with Crippen molar-refractivity contribution in [2.45, 2.75) is 16.9 Å². The lowest BCUT2D eigenvalue weighted by atomic mass is 10.0. The summed E-state index contributed by atoms with van der Waals surface area (Å²) in [4.78, 5) is -0.585. The topological polar surface area (TPSA) is 90.7 Å². The first kappa shape index (κ1) is 16.4. The van der Waals surface area contributed by atoms with E-state index in [0.717, 1.165) is 12.1 Å². The van der Waals surface area contributed by atoms with Gasteiger partial charge in [0.05, 0.1) is 11.6 Å². The van der Waals surface area contributed by atoms with Crippen molar-refractivity contribution in [1.82, 2.24) is 4.72 Å². The molecule has 1 saturated heterocycles. The molecule has 1 heterocycles. The molecule has 1 aromatic rings. The summed E-state index contributed by atoms with van der Waals surface area (Å²) in [5, 5.41) is -0.346. The maximum absolute atomic E-state index is 13.9. The maximum Gasteiger partial charge on any atom is 0.243 e. The van der Waals surface area contributed by atoms with E-state index in [1.807, 2.05) is 0 Å². The Balaban J connectivity index is 2.23. The minimum Gasteiger partial charge on any atom is -0.399 e. The summed E-state index contributed by atoms with van der Waals surface area (Å²) in [6, 6.07) is 2.17. The molecular formula is C12H16ClFN2O4S. The maximum atomic E-state index is 13.9. The summed E-state index contributed by atoms with van der Waals surface area (Å²) < 4.78 is 51.2. The second kappa shape index (κ2) is 6.05. The number of ether oxygens (including phenoxy) is 2. The fourth-order valence-corrected chi connectivity index (χ4v) is 3.57. The van der Waals surface area contributed by atoms with Gasteiger partial charge in [0.2, 0.25) is 10.0 Å². The molecule has 0 aliphatic carbocycles. The minimum absolute atomic E-state index is 0.0301. The van der Waals surface area contributed by atoms with Crippen LogP contribution in [0.5, 0.6) is 0 Å². The predicted molar refractivity (Wildman–Crippen MR) is 76.2 cm³/mol. The number of sulfonamides is 1. The smallest absolute Gasteiger partial charge is 0.243 e. The van der Waals surface area contributed by atoms with Crippen LogP contribution in [-0.4, -0.2) is 40.9 Å². The molecule has 0 saturated carbocycles. The van der Waals surface area contributed by atoms with Crippen molar-refractivity contribution in [3.05, 3.63) is 23.0 Å². The molecule has 2 rings (SSSR count). The Morgan fingerprint density at radius 2 is 2.29 bits per heavy atom. The van der Waals surface area contributed by atoms with Gasteiger partial charge in [0.25, 0.3) is 0 Å². The van der Waals surface area contributed by atoms with Crippen LogP contribution in [0.4, 0.5) is 10.1 Å². The van der Waals surface area contributed by atoms with E-state index in [-0.39, 0.29) is 23.9 Å². The first-order chi connectivity index (χ1) is 9.80. The van der Waals surface area contributed by atoms with E-state index in [4.69, 9.17) is 26.8 Å². The molecule has 1 fully saturated rings. The lowest BCUT2D eigenvalue weighted by Crippen LogP contribution is -2.45. The summed E-state index contributed by atoms with van der Waals surface area (Å²) in [5.41, 5.74) is 4.83. The highest BCUT2D eigenvalue weighted by Gasteiger charge is 2.36. The third-order valence-electron chi connectivity index (χ3n) is 3.39. The number of hydrogen-bond acceptors (Lipinski definition) is 5. The van der Waals surface area contributed by atoms with Crippen molar-refractivity contribution >= 4 is 27.3 Å². The fourth-order valence-electron chi connectivity index (χ4n) is 2.04. The standard InChI is InChI=1S/C12H16ClFN2O4S/c1-19-12(2-3-20-7-12)6-16-21(17,18)10-5-8(15)4-9(13)11(10)14/h4-5,16H,2-3,6-7,15H2,1H3. The van der Waals surface area contributed by atoms with E-state index < -0.39 is 26.3 Å². The zero-order valence-electron chi connectivity index (χ0n) is 11.4. The van der Waals surface area contributed by atoms with E-state index in [9.17, 15) is 12.8 Å². The monoisotopic (exact) mass is 338 g/mol. The van der Waals surface area contributed by atoms with Crippen LogP contribution in [0.25, 0.3) is 0 Å². The van der Waals surface area contributed by atoms with Crippen LogP contribution in [0, 0.1) is 5.82 Å². The van der Waals surface area contributed by atoms with Gasteiger partial charge >= 0.3 is 0 Å². The molecule has 118 valence electrons. The predicted octanol–water partition coefficient (Wildman–Crippen LogP) is 1.15. The lowest BCUT2D eigenvalue weighted by molar-refractivity contribution is -0.0120. The molecule has 21 heavy (non-hydrogen) atoms. The van der Waals surface area contributed by atoms with E-state index in [1.165, 1.54) is 7.11 Å². The van der Waals surface area contributed by atoms with Crippen molar-refractivity contribution in [1.29, 1.82) is 0 Å². The Labute approximate surface area is 127 Å². The zero-order chi connectivity index (χ0) is 15.7. The van der Waals surface area contributed by atoms with E-state index in [2.05, 4.69) is 4.72 Å².